The Labute approximate surface area is 107 Å². The van der Waals surface area contributed by atoms with Crippen LogP contribution in [0.1, 0.15) is 18.3 Å². The first-order valence-corrected chi connectivity index (χ1v) is 6.12. The summed E-state index contributed by atoms with van der Waals surface area (Å²) >= 11 is 0. The fraction of sp³-hybridized carbons (Fsp3) is 0.583. The minimum Gasteiger partial charge on any atom is -0.373 e. The third-order valence-corrected chi connectivity index (χ3v) is 3.24. The number of nitrogens with zero attached hydrogens (tertiary/aromatic N) is 3. The van der Waals surface area contributed by atoms with E-state index in [1.165, 1.54) is 0 Å². The third kappa shape index (κ3) is 2.10. The second-order valence-electron chi connectivity index (χ2n) is 4.48. The highest BCUT2D eigenvalue weighted by atomic mass is 16.2. The number of piperazine rings is 1. The van der Waals surface area contributed by atoms with Crippen LogP contribution in [0, 0.1) is 13.8 Å². The van der Waals surface area contributed by atoms with Gasteiger partial charge in [0.25, 0.3) is 0 Å². The Balaban J connectivity index is 2.43. The zero-order chi connectivity index (χ0) is 13.3. The maximum atomic E-state index is 11.7. The number of anilines is 2. The van der Waals surface area contributed by atoms with Crippen LogP contribution in [0.3, 0.4) is 0 Å². The third-order valence-electron chi connectivity index (χ3n) is 3.24. The number of nitrogens with one attached hydrogen (secondary N) is 2. The van der Waals surface area contributed by atoms with Gasteiger partial charge in [-0.1, -0.05) is 0 Å². The van der Waals surface area contributed by atoms with E-state index in [2.05, 4.69) is 20.6 Å². The van der Waals surface area contributed by atoms with Crippen LogP contribution in [0.15, 0.2) is 0 Å². The minimum absolute atomic E-state index is 0.0444. The molecule has 2 N–H and O–H groups in total. The molecule has 1 amide bonds. The summed E-state index contributed by atoms with van der Waals surface area (Å²) in [7, 11) is 1.84. The molecule has 18 heavy (non-hydrogen) atoms. The van der Waals surface area contributed by atoms with Crippen molar-refractivity contribution in [1.82, 2.24) is 15.3 Å². The summed E-state index contributed by atoms with van der Waals surface area (Å²) in [5, 5.41) is 5.92. The Morgan fingerprint density at radius 1 is 1.39 bits per heavy atom. The van der Waals surface area contributed by atoms with E-state index >= 15 is 0 Å². The molecule has 2 heterocycles. The van der Waals surface area contributed by atoms with Gasteiger partial charge in [0, 0.05) is 25.7 Å². The van der Waals surface area contributed by atoms with E-state index in [0.717, 1.165) is 23.7 Å². The highest BCUT2D eigenvalue weighted by Crippen LogP contribution is 2.25. The van der Waals surface area contributed by atoms with Crippen molar-refractivity contribution in [3.63, 3.8) is 0 Å². The number of aryl methyl sites for hydroxylation is 1. The van der Waals surface area contributed by atoms with Crippen molar-refractivity contribution in [3.05, 3.63) is 11.4 Å². The van der Waals surface area contributed by atoms with Crippen LogP contribution in [0.25, 0.3) is 0 Å². The molecule has 98 valence electrons. The summed E-state index contributed by atoms with van der Waals surface area (Å²) in [5.41, 5.74) is 0.977. The second kappa shape index (κ2) is 4.80. The van der Waals surface area contributed by atoms with Crippen LogP contribution in [-0.4, -0.2) is 42.1 Å². The number of hydrogen-bond acceptors (Lipinski definition) is 5. The maximum absolute atomic E-state index is 11.7. The summed E-state index contributed by atoms with van der Waals surface area (Å²) in [6, 6.07) is -0.198. The van der Waals surface area contributed by atoms with E-state index in [1.54, 1.807) is 0 Å². The topological polar surface area (TPSA) is 70.2 Å². The highest BCUT2D eigenvalue weighted by molar-refractivity contribution is 5.86. The van der Waals surface area contributed by atoms with Crippen molar-refractivity contribution >= 4 is 17.5 Å². The van der Waals surface area contributed by atoms with Gasteiger partial charge in [-0.15, -0.1) is 0 Å². The number of carbonyl (C=O) groups excluding carboxylic acids is 1. The number of carbonyl (C=O) groups is 1. The molecule has 1 aromatic heterocycles. The molecule has 1 fully saturated rings. The highest BCUT2D eigenvalue weighted by Gasteiger charge is 2.28. The Morgan fingerprint density at radius 2 is 2.11 bits per heavy atom. The lowest BCUT2D eigenvalue weighted by atomic mass is 10.1. The van der Waals surface area contributed by atoms with Crippen molar-refractivity contribution in [2.24, 2.45) is 0 Å². The van der Waals surface area contributed by atoms with Crippen molar-refractivity contribution in [1.29, 1.82) is 0 Å². The Bertz CT molecular complexity index is 474. The molecule has 0 saturated carbocycles. The SMILES string of the molecule is CNc1nc(C)nc(N2CCNC(=O)C2C)c1C. The predicted octanol–water partition coefficient (Wildman–Crippen LogP) is 0.460. The van der Waals surface area contributed by atoms with Crippen molar-refractivity contribution in [2.45, 2.75) is 26.8 Å². The van der Waals surface area contributed by atoms with Gasteiger partial charge in [0.2, 0.25) is 5.91 Å². The molecule has 0 bridgehead atoms. The molecule has 0 radical (unpaired) electrons. The number of amides is 1. The number of aromatic nitrogens is 2. The summed E-state index contributed by atoms with van der Waals surface area (Å²) in [4.78, 5) is 22.6. The second-order valence-corrected chi connectivity index (χ2v) is 4.48. The van der Waals surface area contributed by atoms with Gasteiger partial charge in [-0.25, -0.2) is 9.97 Å². The van der Waals surface area contributed by atoms with Crippen LogP contribution in [-0.2, 0) is 4.79 Å². The van der Waals surface area contributed by atoms with Crippen LogP contribution in [0.5, 0.6) is 0 Å². The number of hydrogen-bond donors (Lipinski definition) is 2. The molecule has 6 nitrogen and oxygen atoms in total. The summed E-state index contributed by atoms with van der Waals surface area (Å²) in [6.07, 6.45) is 0. The summed E-state index contributed by atoms with van der Waals surface area (Å²) < 4.78 is 0. The molecule has 6 heteroatoms. The predicted molar refractivity (Wildman–Crippen MR) is 70.9 cm³/mol. The monoisotopic (exact) mass is 249 g/mol. The van der Waals surface area contributed by atoms with E-state index in [4.69, 9.17) is 0 Å². The molecule has 2 rings (SSSR count). The Kier molecular flexibility index (Phi) is 3.36. The lowest BCUT2D eigenvalue weighted by Gasteiger charge is -2.34. The first-order valence-electron chi connectivity index (χ1n) is 6.12. The van der Waals surface area contributed by atoms with Gasteiger partial charge in [0.1, 0.15) is 23.5 Å². The average molecular weight is 249 g/mol. The van der Waals surface area contributed by atoms with E-state index in [1.807, 2.05) is 32.7 Å². The maximum Gasteiger partial charge on any atom is 0.242 e. The van der Waals surface area contributed by atoms with E-state index < -0.39 is 0 Å². The van der Waals surface area contributed by atoms with Crippen LogP contribution in [0.2, 0.25) is 0 Å². The van der Waals surface area contributed by atoms with Crippen LogP contribution in [0.4, 0.5) is 11.6 Å². The van der Waals surface area contributed by atoms with Crippen molar-refractivity contribution < 1.29 is 4.79 Å². The smallest absolute Gasteiger partial charge is 0.242 e. The van der Waals surface area contributed by atoms with Gasteiger partial charge in [-0.05, 0) is 20.8 Å². The van der Waals surface area contributed by atoms with E-state index in [9.17, 15) is 4.79 Å². The average Bonchev–Trinajstić information content (AvgIpc) is 2.35. The molecule has 0 spiro atoms. The largest absolute Gasteiger partial charge is 0.373 e. The first kappa shape index (κ1) is 12.6. The van der Waals surface area contributed by atoms with E-state index in [0.29, 0.717) is 12.4 Å². The van der Waals surface area contributed by atoms with Gasteiger partial charge in [0.05, 0.1) is 0 Å². The van der Waals surface area contributed by atoms with Gasteiger partial charge < -0.3 is 15.5 Å². The van der Waals surface area contributed by atoms with Crippen molar-refractivity contribution in [2.75, 3.05) is 30.4 Å². The van der Waals surface area contributed by atoms with Gasteiger partial charge in [-0.2, -0.15) is 0 Å². The molecule has 1 saturated heterocycles. The molecular formula is C12H19N5O. The first-order chi connectivity index (χ1) is 8.54. The molecule has 1 unspecified atom stereocenters. The normalized spacial score (nSPS) is 19.7. The zero-order valence-corrected chi connectivity index (χ0v) is 11.2. The van der Waals surface area contributed by atoms with Crippen molar-refractivity contribution in [3.8, 4) is 0 Å². The zero-order valence-electron chi connectivity index (χ0n) is 11.2. The molecule has 1 aliphatic heterocycles. The number of rotatable bonds is 2. The Morgan fingerprint density at radius 3 is 2.78 bits per heavy atom. The Hall–Kier alpha value is -1.85. The van der Waals surface area contributed by atoms with Gasteiger partial charge >= 0.3 is 0 Å². The summed E-state index contributed by atoms with van der Waals surface area (Å²) in [6.45, 7) is 7.15. The molecular weight excluding hydrogens is 230 g/mol. The fourth-order valence-electron chi connectivity index (χ4n) is 2.21. The molecule has 0 aliphatic carbocycles. The molecule has 1 aromatic rings. The fourth-order valence-corrected chi connectivity index (χ4v) is 2.21. The lowest BCUT2D eigenvalue weighted by molar-refractivity contribution is -0.122. The summed E-state index contributed by atoms with van der Waals surface area (Å²) in [5.74, 6) is 2.41. The standard InChI is InChI=1S/C12H19N5O/c1-7-10(13-4)15-9(3)16-11(7)17-6-5-14-12(18)8(17)2/h8H,5-6H2,1-4H3,(H,14,18)(H,13,15,16). The molecule has 1 atom stereocenters. The van der Waals surface area contributed by atoms with Gasteiger partial charge in [-0.3, -0.25) is 4.79 Å². The lowest BCUT2D eigenvalue weighted by Crippen LogP contribution is -2.54. The quantitative estimate of drug-likeness (QED) is 0.797. The molecule has 1 aliphatic rings. The van der Waals surface area contributed by atoms with E-state index in [-0.39, 0.29) is 11.9 Å². The van der Waals surface area contributed by atoms with Crippen LogP contribution >= 0.6 is 0 Å². The van der Waals surface area contributed by atoms with Gasteiger partial charge in [0.15, 0.2) is 0 Å². The minimum atomic E-state index is -0.198. The molecule has 0 aromatic carbocycles. The van der Waals surface area contributed by atoms with Crippen LogP contribution < -0.4 is 15.5 Å².